The number of pyridine rings is 1. The zero-order valence-corrected chi connectivity index (χ0v) is 22.0. The largest absolute Gasteiger partial charge is 0.494 e. The van der Waals surface area contributed by atoms with Gasteiger partial charge in [0.2, 0.25) is 0 Å². The number of hydrogen-bond donors (Lipinski definition) is 0. The van der Waals surface area contributed by atoms with Crippen LogP contribution in [-0.2, 0) is 6.54 Å². The van der Waals surface area contributed by atoms with E-state index in [1.54, 1.807) is 18.3 Å². The first kappa shape index (κ1) is 28.1. The Hall–Kier alpha value is -4.48. The maximum atomic E-state index is 10.8. The van der Waals surface area contributed by atoms with E-state index in [-0.39, 0.29) is 18.1 Å². The molecule has 0 aliphatic heterocycles. The van der Waals surface area contributed by atoms with E-state index in [9.17, 15) is 10.1 Å². The lowest BCUT2D eigenvalue weighted by Crippen LogP contribution is -2.10. The Labute approximate surface area is 225 Å². The van der Waals surface area contributed by atoms with Gasteiger partial charge in [0.1, 0.15) is 22.9 Å². The average molecular weight is 536 g/mol. The van der Waals surface area contributed by atoms with Crippen LogP contribution in [0.1, 0.15) is 5.56 Å². The van der Waals surface area contributed by atoms with Gasteiger partial charge in [0.15, 0.2) is 0 Å². The van der Waals surface area contributed by atoms with Crippen molar-refractivity contribution in [2.24, 2.45) is 20.5 Å². The Morgan fingerprint density at radius 3 is 2.05 bits per heavy atom. The van der Waals surface area contributed by atoms with Crippen molar-refractivity contribution in [1.82, 2.24) is 9.88 Å². The molecule has 0 aliphatic carbocycles. The third-order valence-corrected chi connectivity index (χ3v) is 5.34. The Morgan fingerprint density at radius 2 is 1.47 bits per heavy atom. The number of nitrogens with zero attached hydrogens (tertiary/aromatic N) is 7. The summed E-state index contributed by atoms with van der Waals surface area (Å²) in [4.78, 5) is 16.9. The van der Waals surface area contributed by atoms with E-state index in [1.165, 1.54) is 38.5 Å². The van der Waals surface area contributed by atoms with Gasteiger partial charge in [0, 0.05) is 42.4 Å². The van der Waals surface area contributed by atoms with Crippen LogP contribution in [0.2, 0.25) is 0 Å². The molecule has 1 aromatic heterocycles. The lowest BCUT2D eigenvalue weighted by molar-refractivity contribution is -0.384. The quantitative estimate of drug-likeness (QED) is 0.124. The summed E-state index contributed by atoms with van der Waals surface area (Å²) in [6.07, 6.45) is 1.75. The van der Waals surface area contributed by atoms with Crippen molar-refractivity contribution in [1.29, 1.82) is 0 Å². The van der Waals surface area contributed by atoms with E-state index in [0.29, 0.717) is 34.2 Å². The Balaban J connectivity index is 0.00000400. The summed E-state index contributed by atoms with van der Waals surface area (Å²) in [5.74, 6) is 0.836. The average Bonchev–Trinajstić information content (AvgIpc) is 2.90. The van der Waals surface area contributed by atoms with Crippen LogP contribution in [-0.4, -0.2) is 43.1 Å². The molecule has 4 aromatic rings. The van der Waals surface area contributed by atoms with Crippen LogP contribution in [0.4, 0.5) is 28.4 Å². The van der Waals surface area contributed by atoms with Gasteiger partial charge in [-0.15, -0.1) is 27.7 Å². The predicted octanol–water partition coefficient (Wildman–Crippen LogP) is 7.47. The summed E-state index contributed by atoms with van der Waals surface area (Å²) in [5.41, 5.74) is 3.87. The Bertz CT molecular complexity index is 1490. The molecule has 0 bridgehead atoms. The number of hydrogen-bond acceptors (Lipinski definition) is 10. The third-order valence-electron chi connectivity index (χ3n) is 5.34. The number of aromatic nitrogens is 1. The number of fused-ring (bicyclic) bond motifs is 1. The summed E-state index contributed by atoms with van der Waals surface area (Å²) in [5, 5.41) is 29.1. The van der Waals surface area contributed by atoms with E-state index in [0.717, 1.165) is 23.0 Å². The van der Waals surface area contributed by atoms with Crippen LogP contribution in [0, 0.1) is 10.1 Å². The fourth-order valence-corrected chi connectivity index (χ4v) is 3.64. The number of rotatable bonds is 9. The molecule has 3 aromatic carbocycles. The summed E-state index contributed by atoms with van der Waals surface area (Å²) in [7, 11) is 7.04. The number of methoxy groups -OCH3 is 2. The molecule has 0 spiro atoms. The number of non-ortho nitro benzene ring substituents is 1. The molecular formula is C26H26ClN7O4. The number of halogens is 1. The summed E-state index contributed by atoms with van der Waals surface area (Å²) < 4.78 is 11.0. The van der Waals surface area contributed by atoms with Gasteiger partial charge in [-0.1, -0.05) is 0 Å². The summed E-state index contributed by atoms with van der Waals surface area (Å²) >= 11 is 0. The number of ether oxygens (including phenoxy) is 2. The number of nitro groups is 1. The molecule has 12 heteroatoms. The van der Waals surface area contributed by atoms with Crippen molar-refractivity contribution < 1.29 is 14.4 Å². The highest BCUT2D eigenvalue weighted by atomic mass is 35.5. The third kappa shape index (κ3) is 6.64. The Morgan fingerprint density at radius 1 is 0.868 bits per heavy atom. The van der Waals surface area contributed by atoms with Crippen LogP contribution in [0.15, 0.2) is 87.3 Å². The standard InChI is InChI=1S/C26H25N7O4.ClH/c1-32(2)16-17-12-21-20(6-5-11-27-21)22(13-17)29-31-24-15-25(36-3)23(14-26(24)37-4)30-28-18-7-9-19(10-8-18)33(34)35;/h5-15H,16H2,1-4H3;1H. The van der Waals surface area contributed by atoms with Crippen LogP contribution in [0.5, 0.6) is 11.5 Å². The van der Waals surface area contributed by atoms with Gasteiger partial charge in [-0.2, -0.15) is 5.11 Å². The van der Waals surface area contributed by atoms with Crippen molar-refractivity contribution in [3.05, 3.63) is 82.5 Å². The number of azo groups is 2. The highest BCUT2D eigenvalue weighted by Crippen LogP contribution is 2.41. The van der Waals surface area contributed by atoms with E-state index in [2.05, 4.69) is 30.3 Å². The van der Waals surface area contributed by atoms with Gasteiger partial charge in [-0.3, -0.25) is 15.1 Å². The van der Waals surface area contributed by atoms with Crippen LogP contribution in [0.25, 0.3) is 10.9 Å². The van der Waals surface area contributed by atoms with Gasteiger partial charge in [0.05, 0.1) is 36.0 Å². The highest BCUT2D eigenvalue weighted by molar-refractivity contribution is 5.90. The molecule has 1 heterocycles. The maximum Gasteiger partial charge on any atom is 0.269 e. The van der Waals surface area contributed by atoms with E-state index in [4.69, 9.17) is 9.47 Å². The van der Waals surface area contributed by atoms with Gasteiger partial charge < -0.3 is 14.4 Å². The first-order valence-electron chi connectivity index (χ1n) is 11.2. The molecule has 0 unspecified atom stereocenters. The summed E-state index contributed by atoms with van der Waals surface area (Å²) in [6, 6.07) is 16.9. The lowest BCUT2D eigenvalue weighted by atomic mass is 10.1. The zero-order valence-electron chi connectivity index (χ0n) is 21.2. The normalized spacial score (nSPS) is 11.3. The van der Waals surface area contributed by atoms with Gasteiger partial charge in [-0.25, -0.2) is 0 Å². The fraction of sp³-hybridized carbons (Fsp3) is 0.192. The smallest absolute Gasteiger partial charge is 0.269 e. The molecule has 0 radical (unpaired) electrons. The molecule has 0 aliphatic rings. The number of benzene rings is 3. The van der Waals surface area contributed by atoms with Crippen LogP contribution in [0.3, 0.4) is 0 Å². The minimum Gasteiger partial charge on any atom is -0.494 e. The fourth-order valence-electron chi connectivity index (χ4n) is 3.64. The lowest BCUT2D eigenvalue weighted by Gasteiger charge is -2.12. The molecule has 0 atom stereocenters. The molecular weight excluding hydrogens is 510 g/mol. The second kappa shape index (κ2) is 12.7. The predicted molar refractivity (Wildman–Crippen MR) is 147 cm³/mol. The first-order valence-corrected chi connectivity index (χ1v) is 11.2. The second-order valence-electron chi connectivity index (χ2n) is 8.29. The van der Waals surface area contributed by atoms with E-state index >= 15 is 0 Å². The SMILES string of the molecule is COc1cc(N=Nc2cc(CN(C)C)cc3ncccc23)c(OC)cc1N=Nc1ccc([N+](=O)[O-])cc1.Cl. The van der Waals surface area contributed by atoms with Gasteiger partial charge in [0.25, 0.3) is 5.69 Å². The minimum absolute atomic E-state index is 0. The molecule has 0 fully saturated rings. The van der Waals surface area contributed by atoms with Crippen molar-refractivity contribution >= 4 is 51.7 Å². The first-order chi connectivity index (χ1) is 17.9. The highest BCUT2D eigenvalue weighted by Gasteiger charge is 2.13. The van der Waals surface area contributed by atoms with Gasteiger partial charge in [-0.05, 0) is 56.1 Å². The zero-order chi connectivity index (χ0) is 26.4. The molecule has 38 heavy (non-hydrogen) atoms. The van der Waals surface area contributed by atoms with Crippen molar-refractivity contribution in [2.75, 3.05) is 28.3 Å². The van der Waals surface area contributed by atoms with Crippen LogP contribution < -0.4 is 9.47 Å². The minimum atomic E-state index is -0.472. The molecule has 196 valence electrons. The van der Waals surface area contributed by atoms with Crippen molar-refractivity contribution in [3.63, 3.8) is 0 Å². The monoisotopic (exact) mass is 535 g/mol. The van der Waals surface area contributed by atoms with E-state index in [1.807, 2.05) is 38.4 Å². The Kier molecular flexibility index (Phi) is 9.36. The molecule has 0 saturated heterocycles. The van der Waals surface area contributed by atoms with Crippen molar-refractivity contribution in [3.8, 4) is 11.5 Å². The maximum absolute atomic E-state index is 10.8. The molecule has 0 saturated carbocycles. The topological polar surface area (TPSA) is 127 Å². The molecule has 0 amide bonds. The van der Waals surface area contributed by atoms with E-state index < -0.39 is 4.92 Å². The number of nitro benzene ring substituents is 1. The summed E-state index contributed by atoms with van der Waals surface area (Å²) in [6.45, 7) is 0.737. The van der Waals surface area contributed by atoms with Crippen molar-refractivity contribution in [2.45, 2.75) is 6.54 Å². The van der Waals surface area contributed by atoms with Gasteiger partial charge >= 0.3 is 0 Å². The second-order valence-corrected chi connectivity index (χ2v) is 8.29. The molecule has 4 rings (SSSR count). The molecule has 11 nitrogen and oxygen atoms in total. The van der Waals surface area contributed by atoms with Crippen LogP contribution >= 0.6 is 12.4 Å². The molecule has 0 N–H and O–H groups in total.